The van der Waals surface area contributed by atoms with Crippen LogP contribution in [0.25, 0.3) is 34.2 Å². The van der Waals surface area contributed by atoms with Crippen molar-refractivity contribution in [3.05, 3.63) is 78.2 Å². The number of rotatable bonds is 3. The molecule has 0 bridgehead atoms. The van der Waals surface area contributed by atoms with Crippen LogP contribution in [-0.4, -0.2) is 9.97 Å². The predicted octanol–water partition coefficient (Wildman–Crippen LogP) is 5.45. The maximum Gasteiger partial charge on any atom is 0.174 e. The zero-order valence-corrected chi connectivity index (χ0v) is 13.1. The van der Waals surface area contributed by atoms with Gasteiger partial charge in [-0.2, -0.15) is 0 Å². The van der Waals surface area contributed by atoms with Crippen molar-refractivity contribution >= 4 is 0 Å². The Labute approximate surface area is 138 Å². The van der Waals surface area contributed by atoms with Crippen molar-refractivity contribution in [2.75, 3.05) is 0 Å². The van der Waals surface area contributed by atoms with Crippen LogP contribution >= 0.6 is 0 Å². The second-order valence-corrected chi connectivity index (χ2v) is 5.58. The van der Waals surface area contributed by atoms with E-state index < -0.39 is 0 Å². The Hall–Kier alpha value is -3.14. The average molecular weight is 318 g/mol. The van der Waals surface area contributed by atoms with Crippen LogP contribution in [0.5, 0.6) is 0 Å². The van der Waals surface area contributed by atoms with Gasteiger partial charge in [-0.1, -0.05) is 30.3 Å². The Kier molecular flexibility index (Phi) is 3.50. The zero-order valence-electron chi connectivity index (χ0n) is 13.1. The van der Waals surface area contributed by atoms with E-state index in [1.54, 1.807) is 12.1 Å². The Morgan fingerprint density at radius 1 is 0.833 bits per heavy atom. The lowest BCUT2D eigenvalue weighted by atomic mass is 10.1. The molecule has 3 nitrogen and oxygen atoms in total. The minimum absolute atomic E-state index is 0.264. The van der Waals surface area contributed by atoms with Crippen LogP contribution in [-0.2, 0) is 0 Å². The summed E-state index contributed by atoms with van der Waals surface area (Å²) in [6, 6.07) is 20.0. The summed E-state index contributed by atoms with van der Waals surface area (Å²) < 4.78 is 18.9. The van der Waals surface area contributed by atoms with Crippen molar-refractivity contribution in [1.29, 1.82) is 0 Å². The van der Waals surface area contributed by atoms with Crippen LogP contribution < -0.4 is 0 Å². The summed E-state index contributed by atoms with van der Waals surface area (Å²) in [6.07, 6.45) is 0. The molecule has 4 aromatic rings. The molecule has 0 spiro atoms. The fourth-order valence-electron chi connectivity index (χ4n) is 2.70. The number of aromatic nitrogens is 2. The number of nitrogens with zero attached hydrogens (tertiary/aromatic N) is 1. The number of aryl methyl sites for hydroxylation is 1. The van der Waals surface area contributed by atoms with Crippen molar-refractivity contribution in [3.8, 4) is 34.2 Å². The first kappa shape index (κ1) is 14.5. The molecule has 0 saturated carbocycles. The smallest absolute Gasteiger partial charge is 0.174 e. The van der Waals surface area contributed by atoms with Gasteiger partial charge in [-0.3, -0.25) is 0 Å². The molecule has 0 fully saturated rings. The third kappa shape index (κ3) is 2.63. The molecular formula is C20H15FN2O. The van der Waals surface area contributed by atoms with Crippen molar-refractivity contribution in [1.82, 2.24) is 9.97 Å². The lowest BCUT2D eigenvalue weighted by molar-refractivity contribution is 0.592. The van der Waals surface area contributed by atoms with Crippen LogP contribution in [0, 0.1) is 12.7 Å². The van der Waals surface area contributed by atoms with Gasteiger partial charge >= 0.3 is 0 Å². The van der Waals surface area contributed by atoms with Gasteiger partial charge in [0.1, 0.15) is 11.6 Å². The summed E-state index contributed by atoms with van der Waals surface area (Å²) in [6.45, 7) is 1.96. The summed E-state index contributed by atoms with van der Waals surface area (Å²) in [4.78, 5) is 7.89. The second-order valence-electron chi connectivity index (χ2n) is 5.58. The lowest BCUT2D eigenvalue weighted by Gasteiger charge is -1.98. The van der Waals surface area contributed by atoms with E-state index in [1.807, 2.05) is 49.4 Å². The van der Waals surface area contributed by atoms with Gasteiger partial charge in [-0.25, -0.2) is 9.37 Å². The van der Waals surface area contributed by atoms with Gasteiger partial charge in [-0.05, 0) is 48.9 Å². The standard InChI is InChI=1S/C20H15FN2O/c1-13-19(15-5-3-2-4-6-15)23-20(22-13)18-12-11-17(24-18)14-7-9-16(21)10-8-14/h2-12H,1H3,(H,22,23). The molecular weight excluding hydrogens is 303 g/mol. The number of aromatic amines is 1. The van der Waals surface area contributed by atoms with E-state index in [4.69, 9.17) is 4.42 Å². The maximum absolute atomic E-state index is 13.0. The Bertz CT molecular complexity index is 969. The van der Waals surface area contributed by atoms with E-state index in [1.165, 1.54) is 12.1 Å². The van der Waals surface area contributed by atoms with Crippen molar-refractivity contribution in [3.63, 3.8) is 0 Å². The highest BCUT2D eigenvalue weighted by atomic mass is 19.1. The summed E-state index contributed by atoms with van der Waals surface area (Å²) in [7, 11) is 0. The molecule has 0 aliphatic rings. The van der Waals surface area contributed by atoms with Gasteiger partial charge in [0.15, 0.2) is 11.6 Å². The Balaban J connectivity index is 1.69. The minimum Gasteiger partial charge on any atom is -0.453 e. The first-order valence-corrected chi connectivity index (χ1v) is 7.69. The molecule has 0 radical (unpaired) electrons. The summed E-state index contributed by atoms with van der Waals surface area (Å²) in [5.74, 6) is 1.75. The van der Waals surface area contributed by atoms with Crippen LogP contribution in [0.1, 0.15) is 5.69 Å². The molecule has 0 saturated heterocycles. The zero-order chi connectivity index (χ0) is 16.5. The number of imidazole rings is 1. The highest BCUT2D eigenvalue weighted by molar-refractivity contribution is 5.67. The SMILES string of the molecule is Cc1nc(-c2ccc(-c3ccc(F)cc3)o2)[nH]c1-c1ccccc1. The van der Waals surface area contributed by atoms with Crippen LogP contribution in [0.15, 0.2) is 71.1 Å². The van der Waals surface area contributed by atoms with Gasteiger partial charge in [0.05, 0.1) is 11.4 Å². The fraction of sp³-hybridized carbons (Fsp3) is 0.0500. The van der Waals surface area contributed by atoms with E-state index >= 15 is 0 Å². The van der Waals surface area contributed by atoms with Gasteiger partial charge in [0, 0.05) is 5.56 Å². The van der Waals surface area contributed by atoms with E-state index in [2.05, 4.69) is 9.97 Å². The van der Waals surface area contributed by atoms with Gasteiger partial charge < -0.3 is 9.40 Å². The molecule has 0 unspecified atom stereocenters. The Morgan fingerprint density at radius 3 is 2.29 bits per heavy atom. The van der Waals surface area contributed by atoms with Gasteiger partial charge in [0.25, 0.3) is 0 Å². The molecule has 1 N–H and O–H groups in total. The van der Waals surface area contributed by atoms with Gasteiger partial charge in [0.2, 0.25) is 0 Å². The second kappa shape index (κ2) is 5.81. The predicted molar refractivity (Wildman–Crippen MR) is 91.9 cm³/mol. The van der Waals surface area contributed by atoms with Crippen LogP contribution in [0.4, 0.5) is 4.39 Å². The van der Waals surface area contributed by atoms with Crippen molar-refractivity contribution in [2.45, 2.75) is 6.92 Å². The third-order valence-electron chi connectivity index (χ3n) is 3.92. The number of nitrogens with one attached hydrogen (secondary N) is 1. The van der Waals surface area contributed by atoms with E-state index in [-0.39, 0.29) is 5.82 Å². The largest absolute Gasteiger partial charge is 0.453 e. The third-order valence-corrected chi connectivity index (χ3v) is 3.92. The van der Waals surface area contributed by atoms with Crippen molar-refractivity contribution < 1.29 is 8.81 Å². The monoisotopic (exact) mass is 318 g/mol. The molecule has 4 heteroatoms. The lowest BCUT2D eigenvalue weighted by Crippen LogP contribution is -1.80. The molecule has 2 aromatic heterocycles. The first-order chi connectivity index (χ1) is 11.7. The highest BCUT2D eigenvalue weighted by Gasteiger charge is 2.13. The average Bonchev–Trinajstić information content (AvgIpc) is 3.23. The highest BCUT2D eigenvalue weighted by Crippen LogP contribution is 2.30. The topological polar surface area (TPSA) is 41.8 Å². The molecule has 0 aliphatic carbocycles. The molecule has 2 aromatic carbocycles. The number of hydrogen-bond acceptors (Lipinski definition) is 2. The maximum atomic E-state index is 13.0. The molecule has 4 rings (SSSR count). The number of hydrogen-bond donors (Lipinski definition) is 1. The van der Waals surface area contributed by atoms with Crippen LogP contribution in [0.3, 0.4) is 0 Å². The molecule has 118 valence electrons. The van der Waals surface area contributed by atoms with Crippen LogP contribution in [0.2, 0.25) is 0 Å². The molecule has 2 heterocycles. The first-order valence-electron chi connectivity index (χ1n) is 7.69. The summed E-state index contributed by atoms with van der Waals surface area (Å²) in [5, 5.41) is 0. The quantitative estimate of drug-likeness (QED) is 0.545. The number of halogens is 1. The normalized spacial score (nSPS) is 10.9. The fourth-order valence-corrected chi connectivity index (χ4v) is 2.70. The number of benzene rings is 2. The van der Waals surface area contributed by atoms with Crippen molar-refractivity contribution in [2.24, 2.45) is 0 Å². The van der Waals surface area contributed by atoms with E-state index in [0.717, 1.165) is 22.5 Å². The van der Waals surface area contributed by atoms with Gasteiger partial charge in [-0.15, -0.1) is 0 Å². The van der Waals surface area contributed by atoms with E-state index in [0.29, 0.717) is 17.3 Å². The molecule has 24 heavy (non-hydrogen) atoms. The Morgan fingerprint density at radius 2 is 1.54 bits per heavy atom. The molecule has 0 atom stereocenters. The molecule has 0 amide bonds. The molecule has 0 aliphatic heterocycles. The summed E-state index contributed by atoms with van der Waals surface area (Å²) >= 11 is 0. The summed E-state index contributed by atoms with van der Waals surface area (Å²) in [5.41, 5.74) is 3.80. The van der Waals surface area contributed by atoms with E-state index in [9.17, 15) is 4.39 Å². The minimum atomic E-state index is -0.264. The number of furan rings is 1. The number of H-pyrrole nitrogens is 1.